The molecule has 0 aromatic heterocycles. The Bertz CT molecular complexity index is 503. The van der Waals surface area contributed by atoms with Crippen molar-refractivity contribution in [3.05, 3.63) is 29.3 Å². The highest BCUT2D eigenvalue weighted by atomic mass is 35.5. The minimum atomic E-state index is 0.228. The Labute approximate surface area is 131 Å². The van der Waals surface area contributed by atoms with Crippen molar-refractivity contribution in [2.45, 2.75) is 44.6 Å². The molecule has 2 unspecified atom stereocenters. The molecule has 21 heavy (non-hydrogen) atoms. The summed E-state index contributed by atoms with van der Waals surface area (Å²) < 4.78 is 0. The van der Waals surface area contributed by atoms with Gasteiger partial charge in [0.2, 0.25) is 5.91 Å². The SMILES string of the molecule is O=C(CNc1cccc(Cl)c1)N1CCCC2CCCCC21. The molecule has 1 heterocycles. The predicted octanol–water partition coefficient (Wildman–Crippen LogP) is 3.93. The molecular formula is C17H23ClN2O. The van der Waals surface area contributed by atoms with E-state index in [2.05, 4.69) is 10.2 Å². The first-order chi connectivity index (χ1) is 10.2. The lowest BCUT2D eigenvalue weighted by Gasteiger charge is -2.44. The van der Waals surface area contributed by atoms with Gasteiger partial charge in [0.25, 0.3) is 0 Å². The first-order valence-corrected chi connectivity index (χ1v) is 8.41. The summed E-state index contributed by atoms with van der Waals surface area (Å²) in [5, 5.41) is 3.89. The fraction of sp³-hybridized carbons (Fsp3) is 0.588. The van der Waals surface area contributed by atoms with Crippen molar-refractivity contribution in [1.82, 2.24) is 4.90 Å². The number of carbonyl (C=O) groups excluding carboxylic acids is 1. The number of anilines is 1. The minimum absolute atomic E-state index is 0.228. The number of nitrogens with zero attached hydrogens (tertiary/aromatic N) is 1. The molecule has 1 aliphatic heterocycles. The highest BCUT2D eigenvalue weighted by Gasteiger charge is 2.35. The molecule has 1 aromatic rings. The number of halogens is 1. The number of carbonyl (C=O) groups is 1. The predicted molar refractivity (Wildman–Crippen MR) is 86.6 cm³/mol. The van der Waals surface area contributed by atoms with E-state index < -0.39 is 0 Å². The van der Waals surface area contributed by atoms with Gasteiger partial charge in [-0.25, -0.2) is 0 Å². The first kappa shape index (κ1) is 14.7. The van der Waals surface area contributed by atoms with Gasteiger partial charge in [-0.05, 0) is 49.8 Å². The lowest BCUT2D eigenvalue weighted by Crippen LogP contribution is -2.51. The second-order valence-electron chi connectivity index (χ2n) is 6.21. The van der Waals surface area contributed by atoms with Crippen LogP contribution in [0.2, 0.25) is 5.02 Å². The fourth-order valence-corrected chi connectivity index (χ4v) is 4.00. The summed E-state index contributed by atoms with van der Waals surface area (Å²) in [4.78, 5) is 14.7. The second kappa shape index (κ2) is 6.69. The van der Waals surface area contributed by atoms with Crippen molar-refractivity contribution in [3.63, 3.8) is 0 Å². The van der Waals surface area contributed by atoms with Crippen LogP contribution in [0.3, 0.4) is 0 Å². The smallest absolute Gasteiger partial charge is 0.242 e. The molecule has 1 saturated heterocycles. The number of rotatable bonds is 3. The number of benzene rings is 1. The Balaban J connectivity index is 1.59. The van der Waals surface area contributed by atoms with Crippen LogP contribution in [-0.4, -0.2) is 29.9 Å². The Kier molecular flexibility index (Phi) is 4.69. The summed E-state index contributed by atoms with van der Waals surface area (Å²) >= 11 is 5.96. The van der Waals surface area contributed by atoms with Crippen LogP contribution in [0.25, 0.3) is 0 Å². The molecule has 4 heteroatoms. The standard InChI is InChI=1S/C17H23ClN2O/c18-14-7-3-8-15(11-14)19-12-17(21)20-10-4-6-13-5-1-2-9-16(13)20/h3,7-8,11,13,16,19H,1-2,4-6,9-10,12H2. The van der Waals surface area contributed by atoms with Crippen LogP contribution < -0.4 is 5.32 Å². The topological polar surface area (TPSA) is 32.3 Å². The van der Waals surface area contributed by atoms with Crippen molar-refractivity contribution in [1.29, 1.82) is 0 Å². The summed E-state index contributed by atoms with van der Waals surface area (Å²) in [5.41, 5.74) is 0.910. The van der Waals surface area contributed by atoms with Crippen molar-refractivity contribution in [3.8, 4) is 0 Å². The quantitative estimate of drug-likeness (QED) is 0.917. The summed E-state index contributed by atoms with van der Waals surface area (Å²) in [5.74, 6) is 0.967. The molecule has 2 fully saturated rings. The Hall–Kier alpha value is -1.22. The van der Waals surface area contributed by atoms with Gasteiger partial charge in [0.15, 0.2) is 0 Å². The van der Waals surface area contributed by atoms with E-state index >= 15 is 0 Å². The first-order valence-electron chi connectivity index (χ1n) is 8.03. The van der Waals surface area contributed by atoms with Crippen LogP contribution in [0.5, 0.6) is 0 Å². The zero-order valence-electron chi connectivity index (χ0n) is 12.4. The Morgan fingerprint density at radius 1 is 1.24 bits per heavy atom. The second-order valence-corrected chi connectivity index (χ2v) is 6.64. The maximum absolute atomic E-state index is 12.5. The third-order valence-electron chi connectivity index (χ3n) is 4.83. The molecule has 1 saturated carbocycles. The Morgan fingerprint density at radius 2 is 2.05 bits per heavy atom. The van der Waals surface area contributed by atoms with Gasteiger partial charge in [0.05, 0.1) is 6.54 Å². The van der Waals surface area contributed by atoms with Gasteiger partial charge in [-0.3, -0.25) is 4.79 Å². The fourth-order valence-electron chi connectivity index (χ4n) is 3.81. The number of hydrogen-bond acceptors (Lipinski definition) is 2. The molecule has 0 spiro atoms. The maximum atomic E-state index is 12.5. The molecule has 2 atom stereocenters. The van der Waals surface area contributed by atoms with E-state index in [9.17, 15) is 4.79 Å². The van der Waals surface area contributed by atoms with Crippen LogP contribution in [0.15, 0.2) is 24.3 Å². The van der Waals surface area contributed by atoms with Crippen LogP contribution in [0.4, 0.5) is 5.69 Å². The van der Waals surface area contributed by atoms with Gasteiger partial charge < -0.3 is 10.2 Å². The molecule has 3 nitrogen and oxygen atoms in total. The van der Waals surface area contributed by atoms with Gasteiger partial charge in [-0.2, -0.15) is 0 Å². The minimum Gasteiger partial charge on any atom is -0.376 e. The van der Waals surface area contributed by atoms with Crippen molar-refractivity contribution >= 4 is 23.2 Å². The molecule has 0 radical (unpaired) electrons. The summed E-state index contributed by atoms with van der Waals surface area (Å²) in [7, 11) is 0. The number of fused-ring (bicyclic) bond motifs is 1. The zero-order valence-corrected chi connectivity index (χ0v) is 13.1. The highest BCUT2D eigenvalue weighted by Crippen LogP contribution is 2.35. The molecule has 1 aliphatic carbocycles. The van der Waals surface area contributed by atoms with E-state index in [1.54, 1.807) is 0 Å². The van der Waals surface area contributed by atoms with Crippen molar-refractivity contribution in [2.75, 3.05) is 18.4 Å². The molecule has 114 valence electrons. The molecule has 2 aliphatic rings. The lowest BCUT2D eigenvalue weighted by atomic mass is 9.78. The molecule has 1 N–H and O–H groups in total. The third kappa shape index (κ3) is 3.52. The average molecular weight is 307 g/mol. The third-order valence-corrected chi connectivity index (χ3v) is 5.07. The molecule has 1 amide bonds. The highest BCUT2D eigenvalue weighted by molar-refractivity contribution is 6.30. The van der Waals surface area contributed by atoms with Gasteiger partial charge in [-0.15, -0.1) is 0 Å². The molecule has 3 rings (SSSR count). The van der Waals surface area contributed by atoms with Crippen LogP contribution >= 0.6 is 11.6 Å². The van der Waals surface area contributed by atoms with E-state index in [1.165, 1.54) is 32.1 Å². The van der Waals surface area contributed by atoms with Gasteiger partial charge in [-0.1, -0.05) is 30.5 Å². The number of amides is 1. The van der Waals surface area contributed by atoms with E-state index in [0.717, 1.165) is 24.6 Å². The monoisotopic (exact) mass is 306 g/mol. The van der Waals surface area contributed by atoms with Crippen LogP contribution in [-0.2, 0) is 4.79 Å². The zero-order chi connectivity index (χ0) is 14.7. The number of piperidine rings is 1. The van der Waals surface area contributed by atoms with Crippen molar-refractivity contribution in [2.24, 2.45) is 5.92 Å². The summed E-state index contributed by atoms with van der Waals surface area (Å²) in [6.07, 6.45) is 7.56. The molecule has 0 bridgehead atoms. The van der Waals surface area contributed by atoms with E-state index in [1.807, 2.05) is 24.3 Å². The number of nitrogens with one attached hydrogen (secondary N) is 1. The van der Waals surface area contributed by atoms with Gasteiger partial charge in [0.1, 0.15) is 0 Å². The van der Waals surface area contributed by atoms with Gasteiger partial charge in [0, 0.05) is 23.3 Å². The van der Waals surface area contributed by atoms with Gasteiger partial charge >= 0.3 is 0 Å². The number of likely N-dealkylation sites (tertiary alicyclic amines) is 1. The normalized spacial score (nSPS) is 25.3. The van der Waals surface area contributed by atoms with E-state index in [-0.39, 0.29) is 5.91 Å². The average Bonchev–Trinajstić information content (AvgIpc) is 2.52. The van der Waals surface area contributed by atoms with Crippen LogP contribution in [0, 0.1) is 5.92 Å². The van der Waals surface area contributed by atoms with E-state index in [0.29, 0.717) is 17.6 Å². The lowest BCUT2D eigenvalue weighted by molar-refractivity contribution is -0.135. The molecule has 1 aromatic carbocycles. The van der Waals surface area contributed by atoms with E-state index in [4.69, 9.17) is 11.6 Å². The summed E-state index contributed by atoms with van der Waals surface area (Å²) in [6.45, 7) is 1.29. The van der Waals surface area contributed by atoms with Crippen LogP contribution in [0.1, 0.15) is 38.5 Å². The maximum Gasteiger partial charge on any atom is 0.242 e. The summed E-state index contributed by atoms with van der Waals surface area (Å²) in [6, 6.07) is 8.02. The largest absolute Gasteiger partial charge is 0.376 e. The van der Waals surface area contributed by atoms with Crippen molar-refractivity contribution < 1.29 is 4.79 Å². The molecular weight excluding hydrogens is 284 g/mol. The Morgan fingerprint density at radius 3 is 2.90 bits per heavy atom. The number of hydrogen-bond donors (Lipinski definition) is 1.